The van der Waals surface area contributed by atoms with E-state index in [0.29, 0.717) is 28.9 Å². The van der Waals surface area contributed by atoms with Gasteiger partial charge in [-0.15, -0.1) is 0 Å². The molecule has 10 heteroatoms. The SMILES string of the molecule is COc1ccc(-c2cc(C(F)(F)F)n3nc(C(=O)N4[C@H](C)CC[C@@H]5C[C@H](C)CC[C@@H]54)cc3n2)cc1OC. The number of piperidine rings is 1. The summed E-state index contributed by atoms with van der Waals surface area (Å²) in [4.78, 5) is 20.0. The van der Waals surface area contributed by atoms with Gasteiger partial charge in [0.1, 0.15) is 0 Å². The van der Waals surface area contributed by atoms with Crippen molar-refractivity contribution >= 4 is 11.6 Å². The zero-order valence-electron chi connectivity index (χ0n) is 21.4. The number of likely N-dealkylation sites (tertiary alicyclic amines) is 1. The Kier molecular flexibility index (Phi) is 6.53. The molecule has 5 rings (SSSR count). The van der Waals surface area contributed by atoms with Crippen LogP contribution in [-0.2, 0) is 6.18 Å². The number of rotatable bonds is 4. The maximum Gasteiger partial charge on any atom is 0.433 e. The lowest BCUT2D eigenvalue weighted by atomic mass is 9.72. The molecule has 0 N–H and O–H groups in total. The second-order valence-electron chi connectivity index (χ2n) is 10.3. The van der Waals surface area contributed by atoms with Gasteiger partial charge in [-0.3, -0.25) is 4.79 Å². The second kappa shape index (κ2) is 9.54. The number of aromatic nitrogens is 3. The molecule has 0 unspecified atom stereocenters. The highest BCUT2D eigenvalue weighted by Crippen LogP contribution is 2.41. The molecule has 0 radical (unpaired) electrons. The van der Waals surface area contributed by atoms with Gasteiger partial charge in [0.25, 0.3) is 5.91 Å². The van der Waals surface area contributed by atoms with Gasteiger partial charge in [-0.2, -0.15) is 18.3 Å². The molecule has 0 spiro atoms. The standard InChI is InChI=1S/C27H31F3N4O3/c1-15-5-9-21-18(11-15)7-6-16(2)33(21)26(35)20-14-25-31-19(13-24(27(28,29)30)34(25)32-20)17-8-10-22(36-3)23(12-17)37-4/h8,10,12-16,18,21H,5-7,9,11H2,1-4H3/t15-,16-,18-,21+/m1/s1. The van der Waals surface area contributed by atoms with Crippen molar-refractivity contribution < 1.29 is 27.4 Å². The van der Waals surface area contributed by atoms with Crippen LogP contribution in [-0.4, -0.2) is 51.7 Å². The molecule has 3 aromatic rings. The summed E-state index contributed by atoms with van der Waals surface area (Å²) in [5, 5.41) is 4.14. The van der Waals surface area contributed by atoms with Crippen molar-refractivity contribution in [3.63, 3.8) is 0 Å². The van der Waals surface area contributed by atoms with Gasteiger partial charge >= 0.3 is 6.18 Å². The number of hydrogen-bond acceptors (Lipinski definition) is 5. The second-order valence-corrected chi connectivity index (χ2v) is 10.3. The predicted molar refractivity (Wildman–Crippen MR) is 132 cm³/mol. The first-order valence-corrected chi connectivity index (χ1v) is 12.6. The molecule has 1 saturated carbocycles. The molecule has 1 saturated heterocycles. The number of nitrogens with zero attached hydrogens (tertiary/aromatic N) is 4. The van der Waals surface area contributed by atoms with Gasteiger partial charge in [0, 0.05) is 23.7 Å². The molecule has 7 nitrogen and oxygen atoms in total. The number of halogens is 3. The van der Waals surface area contributed by atoms with E-state index in [0.717, 1.165) is 42.7 Å². The minimum absolute atomic E-state index is 0.00402. The summed E-state index contributed by atoms with van der Waals surface area (Å²) < 4.78 is 53.7. The number of fused-ring (bicyclic) bond motifs is 2. The van der Waals surface area contributed by atoms with E-state index < -0.39 is 11.9 Å². The Balaban J connectivity index is 1.57. The summed E-state index contributed by atoms with van der Waals surface area (Å²) in [5.74, 6) is 1.53. The van der Waals surface area contributed by atoms with Crippen molar-refractivity contribution in [2.24, 2.45) is 11.8 Å². The Labute approximate surface area is 213 Å². The van der Waals surface area contributed by atoms with Crippen molar-refractivity contribution in [1.29, 1.82) is 0 Å². The third-order valence-electron chi connectivity index (χ3n) is 7.84. The number of methoxy groups -OCH3 is 2. The van der Waals surface area contributed by atoms with Crippen LogP contribution in [0.5, 0.6) is 11.5 Å². The minimum atomic E-state index is -4.71. The maximum atomic E-state index is 14.1. The molecule has 3 heterocycles. The maximum absolute atomic E-state index is 14.1. The third-order valence-corrected chi connectivity index (χ3v) is 7.84. The third kappa shape index (κ3) is 4.62. The van der Waals surface area contributed by atoms with Gasteiger partial charge in [0.05, 0.1) is 19.9 Å². The van der Waals surface area contributed by atoms with Gasteiger partial charge in [0.15, 0.2) is 28.5 Å². The van der Waals surface area contributed by atoms with E-state index in [9.17, 15) is 18.0 Å². The summed E-state index contributed by atoms with van der Waals surface area (Å²) in [6.45, 7) is 4.25. The van der Waals surface area contributed by atoms with Crippen LogP contribution >= 0.6 is 0 Å². The summed E-state index contributed by atoms with van der Waals surface area (Å²) in [6.07, 6.45) is 0.257. The van der Waals surface area contributed by atoms with Crippen LogP contribution in [0.4, 0.5) is 13.2 Å². The Morgan fingerprint density at radius 1 is 1.00 bits per heavy atom. The van der Waals surface area contributed by atoms with Crippen molar-refractivity contribution in [3.05, 3.63) is 41.7 Å². The number of carbonyl (C=O) groups excluding carboxylic acids is 1. The normalized spacial score (nSPS) is 24.1. The number of alkyl halides is 3. The van der Waals surface area contributed by atoms with E-state index in [2.05, 4.69) is 17.0 Å². The van der Waals surface area contributed by atoms with Crippen molar-refractivity contribution in [2.75, 3.05) is 14.2 Å². The smallest absolute Gasteiger partial charge is 0.433 e. The van der Waals surface area contributed by atoms with Gasteiger partial charge in [-0.25, -0.2) is 9.50 Å². The highest BCUT2D eigenvalue weighted by Gasteiger charge is 2.42. The fourth-order valence-corrected chi connectivity index (χ4v) is 5.99. The lowest BCUT2D eigenvalue weighted by Gasteiger charge is -2.48. The molecule has 2 aliphatic rings. The quantitative estimate of drug-likeness (QED) is 0.434. The number of carbonyl (C=O) groups is 1. The van der Waals surface area contributed by atoms with Crippen molar-refractivity contribution in [3.8, 4) is 22.8 Å². The largest absolute Gasteiger partial charge is 0.493 e. The first-order chi connectivity index (χ1) is 17.6. The zero-order chi connectivity index (χ0) is 26.5. The monoisotopic (exact) mass is 516 g/mol. The van der Waals surface area contributed by atoms with E-state index in [1.54, 1.807) is 18.2 Å². The lowest BCUT2D eigenvalue weighted by molar-refractivity contribution is -0.142. The van der Waals surface area contributed by atoms with E-state index in [-0.39, 0.29) is 35.0 Å². The van der Waals surface area contributed by atoms with Crippen molar-refractivity contribution in [2.45, 2.75) is 64.2 Å². The Bertz CT molecular complexity index is 1320. The molecular formula is C27H31F3N4O3. The molecule has 1 aliphatic carbocycles. The van der Waals surface area contributed by atoms with Crippen LogP contribution in [0.2, 0.25) is 0 Å². The van der Waals surface area contributed by atoms with Gasteiger partial charge in [0.2, 0.25) is 0 Å². The number of amides is 1. The summed E-state index contributed by atoms with van der Waals surface area (Å²) in [5.41, 5.74) is -0.552. The molecule has 1 amide bonds. The predicted octanol–water partition coefficient (Wildman–Crippen LogP) is 5.86. The molecule has 1 aromatic carbocycles. The number of hydrogen-bond donors (Lipinski definition) is 0. The van der Waals surface area contributed by atoms with E-state index in [1.165, 1.54) is 20.3 Å². The topological polar surface area (TPSA) is 69.0 Å². The summed E-state index contributed by atoms with van der Waals surface area (Å²) in [6, 6.07) is 7.19. The molecular weight excluding hydrogens is 485 g/mol. The van der Waals surface area contributed by atoms with E-state index in [4.69, 9.17) is 9.47 Å². The van der Waals surface area contributed by atoms with Crippen LogP contribution < -0.4 is 9.47 Å². The first-order valence-electron chi connectivity index (χ1n) is 12.6. The highest BCUT2D eigenvalue weighted by atomic mass is 19.4. The minimum Gasteiger partial charge on any atom is -0.493 e. The zero-order valence-corrected chi connectivity index (χ0v) is 21.4. The van der Waals surface area contributed by atoms with Crippen LogP contribution in [0.25, 0.3) is 16.9 Å². The number of benzene rings is 1. The molecule has 4 atom stereocenters. The Morgan fingerprint density at radius 2 is 1.76 bits per heavy atom. The van der Waals surface area contributed by atoms with Crippen LogP contribution in [0.3, 0.4) is 0 Å². The van der Waals surface area contributed by atoms with Crippen molar-refractivity contribution in [1.82, 2.24) is 19.5 Å². The average molecular weight is 517 g/mol. The molecule has 2 fully saturated rings. The van der Waals surface area contributed by atoms with Crippen LogP contribution in [0.1, 0.15) is 62.1 Å². The molecule has 37 heavy (non-hydrogen) atoms. The van der Waals surface area contributed by atoms with Crippen LogP contribution in [0.15, 0.2) is 30.3 Å². The fourth-order valence-electron chi connectivity index (χ4n) is 5.99. The fraction of sp³-hybridized carbons (Fsp3) is 0.519. The average Bonchev–Trinajstić information content (AvgIpc) is 3.31. The first kappa shape index (κ1) is 25.4. The summed E-state index contributed by atoms with van der Waals surface area (Å²) in [7, 11) is 2.93. The van der Waals surface area contributed by atoms with Crippen LogP contribution in [0, 0.1) is 11.8 Å². The van der Waals surface area contributed by atoms with E-state index in [1.807, 2.05) is 11.8 Å². The van der Waals surface area contributed by atoms with Gasteiger partial charge in [-0.05, 0) is 75.1 Å². The van der Waals surface area contributed by atoms with Gasteiger partial charge in [-0.1, -0.05) is 6.92 Å². The molecule has 2 aromatic heterocycles. The number of ether oxygens (including phenoxy) is 2. The Morgan fingerprint density at radius 3 is 2.46 bits per heavy atom. The molecule has 1 aliphatic heterocycles. The summed E-state index contributed by atoms with van der Waals surface area (Å²) >= 11 is 0. The van der Waals surface area contributed by atoms with E-state index >= 15 is 0 Å². The molecule has 198 valence electrons. The molecule has 0 bridgehead atoms. The Hall–Kier alpha value is -3.30. The highest BCUT2D eigenvalue weighted by molar-refractivity contribution is 5.94. The lowest BCUT2D eigenvalue weighted by Crippen LogP contribution is -2.54. The van der Waals surface area contributed by atoms with Gasteiger partial charge < -0.3 is 14.4 Å².